The number of anilines is 1. The van der Waals surface area contributed by atoms with Gasteiger partial charge in [0, 0.05) is 37.2 Å². The SMILES string of the molecule is C=CCN(Cn1nnc2ccccc21)C(=O)C1N(CCCCO)C(=O)[C@@H]2[C@H](C(=O)N(CC=C)c3ccccc3)[C@@H]3CC(C)C12S3. The summed E-state index contributed by atoms with van der Waals surface area (Å²) in [5.41, 5.74) is 2.29. The van der Waals surface area contributed by atoms with E-state index in [0.717, 1.165) is 23.1 Å². The number of benzene rings is 2. The second kappa shape index (κ2) is 12.8. The van der Waals surface area contributed by atoms with Gasteiger partial charge in [-0.15, -0.1) is 30.0 Å². The number of aliphatic hydroxyl groups is 1. The normalized spacial score (nSPS) is 26.7. The molecule has 3 unspecified atom stereocenters. The fourth-order valence-corrected chi connectivity index (χ4v) is 10.1. The number of nitrogens with zero attached hydrogens (tertiary/aromatic N) is 6. The largest absolute Gasteiger partial charge is 0.396 e. The highest BCUT2D eigenvalue weighted by Crippen LogP contribution is 2.69. The van der Waals surface area contributed by atoms with Crippen LogP contribution in [0, 0.1) is 17.8 Å². The molecule has 45 heavy (non-hydrogen) atoms. The second-order valence-electron chi connectivity index (χ2n) is 12.2. The Morgan fingerprint density at radius 1 is 1.07 bits per heavy atom. The van der Waals surface area contributed by atoms with Crippen molar-refractivity contribution < 1.29 is 19.5 Å². The number of hydrogen-bond acceptors (Lipinski definition) is 7. The molecule has 0 radical (unpaired) electrons. The zero-order chi connectivity index (χ0) is 31.7. The van der Waals surface area contributed by atoms with Crippen molar-refractivity contribution in [1.29, 1.82) is 0 Å². The molecule has 2 bridgehead atoms. The number of thioether (sulfide) groups is 1. The number of aliphatic hydroxyl groups excluding tert-OH is 1. The molecule has 3 amide bonds. The fraction of sp³-hybridized carbons (Fsp3) is 0.441. The maximum atomic E-state index is 14.8. The summed E-state index contributed by atoms with van der Waals surface area (Å²) in [6.07, 6.45) is 5.19. The van der Waals surface area contributed by atoms with E-state index >= 15 is 0 Å². The Balaban J connectivity index is 1.39. The zero-order valence-corrected chi connectivity index (χ0v) is 26.4. The molecule has 10 nitrogen and oxygen atoms in total. The van der Waals surface area contributed by atoms with Crippen LogP contribution in [0.15, 0.2) is 79.9 Å². The van der Waals surface area contributed by atoms with E-state index in [4.69, 9.17) is 0 Å². The molecule has 1 N–H and O–H groups in total. The zero-order valence-electron chi connectivity index (χ0n) is 25.6. The monoisotopic (exact) mass is 628 g/mol. The van der Waals surface area contributed by atoms with Crippen molar-refractivity contribution in [2.45, 2.75) is 48.9 Å². The molecule has 6 atom stereocenters. The van der Waals surface area contributed by atoms with Crippen molar-refractivity contribution in [2.75, 3.05) is 31.1 Å². The van der Waals surface area contributed by atoms with Crippen molar-refractivity contribution in [3.8, 4) is 0 Å². The van der Waals surface area contributed by atoms with Crippen LogP contribution in [0.25, 0.3) is 11.0 Å². The number of unbranched alkanes of at least 4 members (excludes halogenated alkanes) is 1. The lowest BCUT2D eigenvalue weighted by Gasteiger charge is -2.41. The molecule has 3 fully saturated rings. The average Bonchev–Trinajstić information content (AvgIpc) is 3.77. The van der Waals surface area contributed by atoms with E-state index in [1.165, 1.54) is 0 Å². The van der Waals surface area contributed by atoms with Crippen LogP contribution in [0.5, 0.6) is 0 Å². The third-order valence-corrected chi connectivity index (χ3v) is 11.7. The van der Waals surface area contributed by atoms with Gasteiger partial charge in [0.15, 0.2) is 0 Å². The molecule has 236 valence electrons. The van der Waals surface area contributed by atoms with Crippen LogP contribution in [0.3, 0.4) is 0 Å². The minimum absolute atomic E-state index is 0.000889. The van der Waals surface area contributed by atoms with E-state index in [2.05, 4.69) is 30.4 Å². The number of carbonyl (C=O) groups is 3. The summed E-state index contributed by atoms with van der Waals surface area (Å²) in [5, 5.41) is 18.0. The van der Waals surface area contributed by atoms with Crippen LogP contribution in [0.1, 0.15) is 26.2 Å². The van der Waals surface area contributed by atoms with Gasteiger partial charge in [0.05, 0.1) is 22.1 Å². The van der Waals surface area contributed by atoms with E-state index in [1.807, 2.05) is 54.6 Å². The highest BCUT2D eigenvalue weighted by atomic mass is 32.2. The second-order valence-corrected chi connectivity index (χ2v) is 13.7. The molecular formula is C34H40N6O4S. The molecule has 4 heterocycles. The van der Waals surface area contributed by atoms with Gasteiger partial charge in [0.25, 0.3) is 0 Å². The summed E-state index contributed by atoms with van der Waals surface area (Å²) in [5.74, 6) is -1.61. The van der Waals surface area contributed by atoms with Crippen molar-refractivity contribution in [2.24, 2.45) is 17.8 Å². The van der Waals surface area contributed by atoms with E-state index < -0.39 is 22.6 Å². The van der Waals surface area contributed by atoms with Gasteiger partial charge in [-0.2, -0.15) is 0 Å². The molecule has 0 saturated carbocycles. The predicted octanol–water partition coefficient (Wildman–Crippen LogP) is 3.73. The number of aromatic nitrogens is 3. The Bertz CT molecular complexity index is 1600. The van der Waals surface area contributed by atoms with Gasteiger partial charge < -0.3 is 19.8 Å². The molecule has 3 aliphatic heterocycles. The fourth-order valence-electron chi connectivity index (χ4n) is 7.68. The number of amides is 3. The lowest BCUT2D eigenvalue weighted by Crippen LogP contribution is -2.57. The lowest BCUT2D eigenvalue weighted by atomic mass is 9.65. The Kier molecular flexibility index (Phi) is 8.83. The van der Waals surface area contributed by atoms with Gasteiger partial charge in [-0.05, 0) is 49.4 Å². The van der Waals surface area contributed by atoms with Crippen molar-refractivity contribution in [3.05, 3.63) is 79.9 Å². The molecule has 3 aromatic rings. The van der Waals surface area contributed by atoms with E-state index in [-0.39, 0.29) is 48.7 Å². The minimum atomic E-state index is -0.768. The third kappa shape index (κ3) is 5.15. The first-order chi connectivity index (χ1) is 21.9. The van der Waals surface area contributed by atoms with Crippen LogP contribution in [-0.2, 0) is 21.1 Å². The van der Waals surface area contributed by atoms with E-state index in [1.54, 1.807) is 43.3 Å². The number of fused-ring (bicyclic) bond motifs is 2. The lowest BCUT2D eigenvalue weighted by molar-refractivity contribution is -0.143. The quantitative estimate of drug-likeness (QED) is 0.227. The molecule has 0 aliphatic carbocycles. The Morgan fingerprint density at radius 2 is 1.80 bits per heavy atom. The number of hydrogen-bond donors (Lipinski definition) is 1. The number of rotatable bonds is 13. The van der Waals surface area contributed by atoms with Crippen LogP contribution < -0.4 is 4.90 Å². The Labute approximate surface area is 267 Å². The van der Waals surface area contributed by atoms with Gasteiger partial charge in [-0.3, -0.25) is 14.4 Å². The number of carbonyl (C=O) groups excluding carboxylic acids is 3. The first kappa shape index (κ1) is 31.0. The molecule has 6 rings (SSSR count). The standard InChI is InChI=1S/C34H40N6O4S/c1-4-17-37(22-40-26-16-10-9-15-25(26)35-36-40)33(44)30-34-23(3)21-27(45-34)28(29(34)32(43)39(30)19-11-12-20-41)31(42)38(18-5-2)24-13-7-6-8-14-24/h4-10,13-16,23,27-30,41H,1-2,11-12,17-22H2,3H3/t23?,27-,28+,29-,30?,34?/m0/s1. The van der Waals surface area contributed by atoms with Gasteiger partial charge in [-0.1, -0.05) is 54.6 Å². The highest BCUT2D eigenvalue weighted by Gasteiger charge is 2.76. The number of likely N-dealkylation sites (tertiary alicyclic amines) is 1. The van der Waals surface area contributed by atoms with E-state index in [9.17, 15) is 19.5 Å². The van der Waals surface area contributed by atoms with Crippen LogP contribution in [0.4, 0.5) is 5.69 Å². The molecule has 1 aromatic heterocycles. The van der Waals surface area contributed by atoms with Gasteiger partial charge >= 0.3 is 0 Å². The van der Waals surface area contributed by atoms with Gasteiger partial charge in [-0.25, -0.2) is 4.68 Å². The summed E-state index contributed by atoms with van der Waals surface area (Å²) >= 11 is 1.66. The molecule has 11 heteroatoms. The smallest absolute Gasteiger partial charge is 0.248 e. The molecule has 2 aromatic carbocycles. The molecular weight excluding hydrogens is 588 g/mol. The van der Waals surface area contributed by atoms with Crippen LogP contribution >= 0.6 is 11.8 Å². The van der Waals surface area contributed by atoms with Gasteiger partial charge in [0.1, 0.15) is 18.2 Å². The average molecular weight is 629 g/mol. The van der Waals surface area contributed by atoms with E-state index in [0.29, 0.717) is 25.9 Å². The Hall–Kier alpha value is -3.96. The highest BCUT2D eigenvalue weighted by molar-refractivity contribution is 8.02. The van der Waals surface area contributed by atoms with Crippen LogP contribution in [0.2, 0.25) is 0 Å². The maximum Gasteiger partial charge on any atom is 0.248 e. The van der Waals surface area contributed by atoms with Crippen LogP contribution in [-0.4, -0.2) is 89.9 Å². The molecule has 3 aliphatic rings. The van der Waals surface area contributed by atoms with Crippen molar-refractivity contribution in [3.63, 3.8) is 0 Å². The van der Waals surface area contributed by atoms with Crippen molar-refractivity contribution in [1.82, 2.24) is 24.8 Å². The minimum Gasteiger partial charge on any atom is -0.396 e. The number of para-hydroxylation sites is 2. The third-order valence-electron chi connectivity index (χ3n) is 9.60. The summed E-state index contributed by atoms with van der Waals surface area (Å²) in [6, 6.07) is 16.3. The summed E-state index contributed by atoms with van der Waals surface area (Å²) < 4.78 is 0.930. The predicted molar refractivity (Wildman–Crippen MR) is 175 cm³/mol. The summed E-state index contributed by atoms with van der Waals surface area (Å²) in [4.78, 5) is 49.0. The molecule has 3 saturated heterocycles. The first-order valence-corrected chi connectivity index (χ1v) is 16.5. The topological polar surface area (TPSA) is 112 Å². The first-order valence-electron chi connectivity index (χ1n) is 15.6. The maximum absolute atomic E-state index is 14.8. The molecule has 1 spiro atoms. The summed E-state index contributed by atoms with van der Waals surface area (Å²) in [7, 11) is 0. The Morgan fingerprint density at radius 3 is 2.53 bits per heavy atom. The van der Waals surface area contributed by atoms with Gasteiger partial charge in [0.2, 0.25) is 17.7 Å². The van der Waals surface area contributed by atoms with Crippen molar-refractivity contribution >= 4 is 46.2 Å². The summed E-state index contributed by atoms with van der Waals surface area (Å²) in [6.45, 7) is 11.0.